The van der Waals surface area contributed by atoms with E-state index in [2.05, 4.69) is 19.9 Å². The minimum Gasteiger partial charge on any atom is -0.396 e. The molecule has 4 heteroatoms. The number of carbonyl (C=O) groups excluding carboxylic acids is 2. The van der Waals surface area contributed by atoms with Crippen molar-refractivity contribution in [2.24, 2.45) is 34.5 Å². The van der Waals surface area contributed by atoms with Crippen LogP contribution in [0.25, 0.3) is 0 Å². The summed E-state index contributed by atoms with van der Waals surface area (Å²) < 4.78 is 0. The number of alkyl halides is 1. The first-order chi connectivity index (χ1) is 12.3. The highest BCUT2D eigenvalue weighted by molar-refractivity contribution is 6.28. The Morgan fingerprint density at radius 1 is 1.31 bits per heavy atom. The van der Waals surface area contributed by atoms with E-state index in [9.17, 15) is 14.7 Å². The third-order valence-corrected chi connectivity index (χ3v) is 8.50. The van der Waals surface area contributed by atoms with Crippen molar-refractivity contribution in [1.29, 1.82) is 0 Å². The summed E-state index contributed by atoms with van der Waals surface area (Å²) in [6.45, 7) is 4.65. The van der Waals surface area contributed by atoms with E-state index in [1.807, 2.05) is 6.08 Å². The number of allylic oxidation sites excluding steroid dienone is 3. The summed E-state index contributed by atoms with van der Waals surface area (Å²) in [4.78, 5) is 24.5. The molecule has 0 bridgehead atoms. The number of aliphatic hydroxyl groups is 1. The Balaban J connectivity index is 1.76. The molecule has 4 aliphatic carbocycles. The van der Waals surface area contributed by atoms with E-state index >= 15 is 0 Å². The molecule has 2 fully saturated rings. The van der Waals surface area contributed by atoms with Gasteiger partial charge in [0.25, 0.3) is 0 Å². The molecule has 0 radical (unpaired) electrons. The predicted octanol–water partition coefficient (Wildman–Crippen LogP) is 4.08. The average Bonchev–Trinajstić information content (AvgIpc) is 2.98. The fourth-order valence-corrected chi connectivity index (χ4v) is 7.06. The summed E-state index contributed by atoms with van der Waals surface area (Å²) in [7, 11) is 0. The maximum absolute atomic E-state index is 12.4. The zero-order valence-corrected chi connectivity index (χ0v) is 16.5. The van der Waals surface area contributed by atoms with Crippen molar-refractivity contribution in [2.45, 2.75) is 52.4 Å². The van der Waals surface area contributed by atoms with E-state index in [-0.39, 0.29) is 46.7 Å². The van der Waals surface area contributed by atoms with Crippen molar-refractivity contribution < 1.29 is 14.7 Å². The van der Waals surface area contributed by atoms with Gasteiger partial charge in [-0.1, -0.05) is 31.1 Å². The van der Waals surface area contributed by atoms with Crippen LogP contribution in [0.15, 0.2) is 23.3 Å². The van der Waals surface area contributed by atoms with Gasteiger partial charge in [0.15, 0.2) is 11.6 Å². The zero-order valence-electron chi connectivity index (χ0n) is 15.8. The van der Waals surface area contributed by atoms with Crippen molar-refractivity contribution in [2.75, 3.05) is 12.5 Å². The van der Waals surface area contributed by atoms with E-state index < -0.39 is 0 Å². The van der Waals surface area contributed by atoms with Gasteiger partial charge in [0.1, 0.15) is 0 Å². The summed E-state index contributed by atoms with van der Waals surface area (Å²) in [6.07, 6.45) is 9.49. The van der Waals surface area contributed by atoms with Gasteiger partial charge in [-0.05, 0) is 55.4 Å². The van der Waals surface area contributed by atoms with E-state index in [0.29, 0.717) is 18.3 Å². The SMILES string of the molecule is C[C@]12CCC(=O)C=C1[C@@H](CO)C[C@@H]1C2=CC[C@]2(C)[C@@H](C(=O)CCl)CC[C@@H]12. The van der Waals surface area contributed by atoms with Crippen LogP contribution in [0.3, 0.4) is 0 Å². The predicted molar refractivity (Wildman–Crippen MR) is 102 cm³/mol. The molecule has 0 saturated heterocycles. The highest BCUT2D eigenvalue weighted by Gasteiger charge is 2.58. The number of Topliss-reactive ketones (excluding diaryl/α,β-unsaturated/α-hetero) is 1. The first-order valence-corrected chi connectivity index (χ1v) is 10.5. The van der Waals surface area contributed by atoms with Gasteiger partial charge >= 0.3 is 0 Å². The second kappa shape index (κ2) is 6.31. The quantitative estimate of drug-likeness (QED) is 0.596. The largest absolute Gasteiger partial charge is 0.396 e. The Kier molecular flexibility index (Phi) is 4.47. The standard InChI is InChI=1S/C22H29ClO3/c1-21-8-6-17-15(16(21)3-4-18(21)20(26)11-23)9-13(12-24)19-10-14(25)5-7-22(17,19)2/h6,10,13,15-16,18,24H,3-5,7-9,11-12H2,1-2H3/t13-,15+,16+,18-,21+,22-/m1/s1. The van der Waals surface area contributed by atoms with Crippen LogP contribution < -0.4 is 0 Å². The fraction of sp³-hybridized carbons (Fsp3) is 0.727. The number of halogens is 1. The molecule has 0 aromatic heterocycles. The number of hydrogen-bond acceptors (Lipinski definition) is 3. The lowest BCUT2D eigenvalue weighted by Gasteiger charge is -2.55. The van der Waals surface area contributed by atoms with E-state index in [1.165, 1.54) is 5.57 Å². The Morgan fingerprint density at radius 3 is 2.77 bits per heavy atom. The monoisotopic (exact) mass is 376 g/mol. The topological polar surface area (TPSA) is 54.4 Å². The number of hydrogen-bond donors (Lipinski definition) is 1. The fourth-order valence-electron chi connectivity index (χ4n) is 6.87. The Hall–Kier alpha value is -0.930. The van der Waals surface area contributed by atoms with Crippen LogP contribution in [0.2, 0.25) is 0 Å². The van der Waals surface area contributed by atoms with Crippen molar-refractivity contribution in [3.63, 3.8) is 0 Å². The molecule has 142 valence electrons. The van der Waals surface area contributed by atoms with Gasteiger partial charge in [0.05, 0.1) is 5.88 Å². The van der Waals surface area contributed by atoms with Gasteiger partial charge in [-0.25, -0.2) is 0 Å². The third kappa shape index (κ3) is 2.43. The summed E-state index contributed by atoms with van der Waals surface area (Å²) in [5.41, 5.74) is 2.51. The van der Waals surface area contributed by atoms with Gasteiger partial charge in [-0.3, -0.25) is 9.59 Å². The van der Waals surface area contributed by atoms with Gasteiger partial charge in [-0.15, -0.1) is 11.6 Å². The van der Waals surface area contributed by atoms with E-state index in [1.54, 1.807) is 0 Å². The second-order valence-corrected chi connectivity index (χ2v) is 9.59. The highest BCUT2D eigenvalue weighted by Crippen LogP contribution is 2.65. The van der Waals surface area contributed by atoms with Crippen molar-refractivity contribution in [3.8, 4) is 0 Å². The molecule has 6 atom stereocenters. The minimum atomic E-state index is -0.0971. The lowest BCUT2D eigenvalue weighted by Crippen LogP contribution is -2.48. The molecule has 0 amide bonds. The van der Waals surface area contributed by atoms with Gasteiger partial charge in [0, 0.05) is 30.3 Å². The molecule has 0 aliphatic heterocycles. The van der Waals surface area contributed by atoms with Gasteiger partial charge in [0.2, 0.25) is 0 Å². The van der Waals surface area contributed by atoms with Crippen LogP contribution in [0.1, 0.15) is 52.4 Å². The van der Waals surface area contributed by atoms with Crippen LogP contribution in [0.4, 0.5) is 0 Å². The number of aliphatic hydroxyl groups excluding tert-OH is 1. The first-order valence-electron chi connectivity index (χ1n) is 10.00. The van der Waals surface area contributed by atoms with Crippen LogP contribution in [-0.4, -0.2) is 29.2 Å². The number of carbonyl (C=O) groups is 2. The minimum absolute atomic E-state index is 0.0117. The number of fused-ring (bicyclic) bond motifs is 5. The van der Waals surface area contributed by atoms with E-state index in [4.69, 9.17) is 11.6 Å². The van der Waals surface area contributed by atoms with Crippen LogP contribution in [-0.2, 0) is 9.59 Å². The maximum Gasteiger partial charge on any atom is 0.155 e. The molecule has 4 aliphatic rings. The van der Waals surface area contributed by atoms with E-state index in [0.717, 1.165) is 37.7 Å². The Bertz CT molecular complexity index is 708. The third-order valence-electron chi connectivity index (χ3n) is 8.24. The molecule has 0 aromatic rings. The average molecular weight is 377 g/mol. The van der Waals surface area contributed by atoms with Gasteiger partial charge in [-0.2, -0.15) is 0 Å². The lowest BCUT2D eigenvalue weighted by molar-refractivity contribution is -0.124. The van der Waals surface area contributed by atoms with Crippen LogP contribution in [0.5, 0.6) is 0 Å². The molecular formula is C22H29ClO3. The smallest absolute Gasteiger partial charge is 0.155 e. The number of rotatable bonds is 3. The van der Waals surface area contributed by atoms with Crippen molar-refractivity contribution in [3.05, 3.63) is 23.3 Å². The normalized spacial score (nSPS) is 44.5. The summed E-state index contributed by atoms with van der Waals surface area (Å²) in [5.74, 6) is 1.52. The summed E-state index contributed by atoms with van der Waals surface area (Å²) in [6, 6.07) is 0. The lowest BCUT2D eigenvalue weighted by atomic mass is 9.49. The Labute approximate surface area is 160 Å². The number of ketones is 2. The highest BCUT2D eigenvalue weighted by atomic mass is 35.5. The van der Waals surface area contributed by atoms with Crippen molar-refractivity contribution >= 4 is 23.2 Å². The maximum atomic E-state index is 12.4. The molecule has 0 heterocycles. The Morgan fingerprint density at radius 2 is 2.08 bits per heavy atom. The molecule has 1 N–H and O–H groups in total. The molecule has 0 aromatic carbocycles. The molecular weight excluding hydrogens is 348 g/mol. The summed E-state index contributed by atoms with van der Waals surface area (Å²) >= 11 is 5.90. The van der Waals surface area contributed by atoms with Crippen LogP contribution >= 0.6 is 11.6 Å². The molecule has 0 unspecified atom stereocenters. The molecule has 4 rings (SSSR count). The molecule has 26 heavy (non-hydrogen) atoms. The van der Waals surface area contributed by atoms with Gasteiger partial charge < -0.3 is 5.11 Å². The first kappa shape index (κ1) is 18.4. The molecule has 2 saturated carbocycles. The summed E-state index contributed by atoms with van der Waals surface area (Å²) in [5, 5.41) is 10.1. The van der Waals surface area contributed by atoms with Crippen molar-refractivity contribution in [1.82, 2.24) is 0 Å². The molecule has 0 spiro atoms. The second-order valence-electron chi connectivity index (χ2n) is 9.33. The zero-order chi connectivity index (χ0) is 18.7. The molecule has 3 nitrogen and oxygen atoms in total. The van der Waals surface area contributed by atoms with Crippen LogP contribution in [0, 0.1) is 34.5 Å².